The van der Waals surface area contributed by atoms with E-state index in [0.717, 1.165) is 17.7 Å². The number of hydrogen-bond acceptors (Lipinski definition) is 8. The molecule has 2 aromatic carbocycles. The molecule has 15 heteroatoms. The lowest BCUT2D eigenvalue weighted by molar-refractivity contribution is -0.126. The number of nitrogens with zero attached hydrogens (tertiary/aromatic N) is 4. The van der Waals surface area contributed by atoms with Crippen LogP contribution in [0.1, 0.15) is 52.9 Å². The third kappa shape index (κ3) is 7.49. The van der Waals surface area contributed by atoms with E-state index in [4.69, 9.17) is 16.3 Å². The van der Waals surface area contributed by atoms with Crippen LogP contribution in [0, 0.1) is 0 Å². The van der Waals surface area contributed by atoms with Crippen LogP contribution in [0.25, 0.3) is 22.2 Å². The Morgan fingerprint density at radius 3 is 2.47 bits per heavy atom. The van der Waals surface area contributed by atoms with Crippen LogP contribution in [-0.4, -0.2) is 75.5 Å². The molecule has 2 fully saturated rings. The Balaban J connectivity index is 1.19. The molecule has 1 saturated carbocycles. The van der Waals surface area contributed by atoms with Gasteiger partial charge in [0, 0.05) is 35.7 Å². The molecular formula is C34H37ClF2N6O5S. The van der Waals surface area contributed by atoms with Crippen molar-refractivity contribution in [3.8, 4) is 11.3 Å². The third-order valence-electron chi connectivity index (χ3n) is 8.53. The number of carbonyl (C=O) groups is 2. The summed E-state index contributed by atoms with van der Waals surface area (Å²) in [5.41, 5.74) is 0.394. The van der Waals surface area contributed by atoms with E-state index in [2.05, 4.69) is 20.6 Å². The van der Waals surface area contributed by atoms with Gasteiger partial charge in [0.25, 0.3) is 15.9 Å². The molecule has 1 aliphatic heterocycles. The van der Waals surface area contributed by atoms with Gasteiger partial charge in [0.05, 0.1) is 33.9 Å². The highest BCUT2D eigenvalue weighted by atomic mass is 35.5. The maximum atomic E-state index is 14.4. The van der Waals surface area contributed by atoms with Gasteiger partial charge in [0.1, 0.15) is 11.6 Å². The predicted octanol–water partition coefficient (Wildman–Crippen LogP) is 6.47. The first-order valence-corrected chi connectivity index (χ1v) is 17.8. The number of alkyl halides is 2. The van der Waals surface area contributed by atoms with Crippen molar-refractivity contribution in [2.75, 3.05) is 11.9 Å². The fourth-order valence-electron chi connectivity index (χ4n) is 6.36. The van der Waals surface area contributed by atoms with Crippen molar-refractivity contribution in [3.63, 3.8) is 0 Å². The highest BCUT2D eigenvalue weighted by molar-refractivity contribution is 7.90. The van der Waals surface area contributed by atoms with Gasteiger partial charge in [-0.05, 0) is 64.7 Å². The maximum Gasteiger partial charge on any atom is 0.411 e. The molecule has 1 saturated heterocycles. The van der Waals surface area contributed by atoms with Crippen molar-refractivity contribution in [2.24, 2.45) is 0 Å². The number of fused-ring (bicyclic) bond motifs is 1. The summed E-state index contributed by atoms with van der Waals surface area (Å²) in [6, 6.07) is 13.3. The highest BCUT2D eigenvalue weighted by Gasteiger charge is 2.51. The minimum absolute atomic E-state index is 0.136. The summed E-state index contributed by atoms with van der Waals surface area (Å²) in [6.07, 6.45) is 3.75. The lowest BCUT2D eigenvalue weighted by atomic mass is 9.90. The molecule has 4 aromatic rings. The van der Waals surface area contributed by atoms with Crippen LogP contribution < -0.4 is 10.6 Å². The smallest absolute Gasteiger partial charge is 0.411 e. The zero-order chi connectivity index (χ0) is 35.1. The van der Waals surface area contributed by atoms with E-state index in [-0.39, 0.29) is 28.0 Å². The summed E-state index contributed by atoms with van der Waals surface area (Å²) in [5.74, 6) is -3.61. The Hall–Kier alpha value is -4.30. The maximum absolute atomic E-state index is 14.4. The number of aromatic nitrogens is 3. The van der Waals surface area contributed by atoms with Crippen LogP contribution in [0.5, 0.6) is 0 Å². The molecule has 1 aliphatic carbocycles. The number of rotatable bonds is 7. The Bertz CT molecular complexity index is 1990. The minimum Gasteiger partial charge on any atom is -0.444 e. The first kappa shape index (κ1) is 34.6. The van der Waals surface area contributed by atoms with Gasteiger partial charge < -0.3 is 15.4 Å². The van der Waals surface area contributed by atoms with Gasteiger partial charge in [-0.2, -0.15) is 0 Å². The van der Waals surface area contributed by atoms with Gasteiger partial charge in [-0.15, -0.1) is 0 Å². The van der Waals surface area contributed by atoms with Gasteiger partial charge >= 0.3 is 6.09 Å². The second kappa shape index (κ2) is 13.2. The van der Waals surface area contributed by atoms with Crippen molar-refractivity contribution >= 4 is 50.5 Å². The molecule has 2 amide bonds. The van der Waals surface area contributed by atoms with Crippen molar-refractivity contribution < 1.29 is 31.5 Å². The molecule has 0 bridgehead atoms. The summed E-state index contributed by atoms with van der Waals surface area (Å²) in [5, 5.41) is 7.04. The molecule has 3 atom stereocenters. The van der Waals surface area contributed by atoms with Crippen LogP contribution in [0.15, 0.2) is 71.9 Å². The van der Waals surface area contributed by atoms with Crippen LogP contribution in [0.3, 0.4) is 0 Å². The first-order chi connectivity index (χ1) is 23.1. The zero-order valence-electron chi connectivity index (χ0n) is 27.2. The van der Waals surface area contributed by atoms with E-state index in [1.807, 2.05) is 0 Å². The molecule has 0 spiro atoms. The quantitative estimate of drug-likeness (QED) is 0.222. The predicted molar refractivity (Wildman–Crippen MR) is 181 cm³/mol. The Kier molecular flexibility index (Phi) is 9.31. The van der Waals surface area contributed by atoms with Crippen LogP contribution in [0.2, 0.25) is 5.02 Å². The summed E-state index contributed by atoms with van der Waals surface area (Å²) < 4.78 is 62.6. The minimum atomic E-state index is -3.93. The van der Waals surface area contributed by atoms with Crippen LogP contribution in [0.4, 0.5) is 19.5 Å². The van der Waals surface area contributed by atoms with E-state index in [1.54, 1.807) is 63.2 Å². The summed E-state index contributed by atoms with van der Waals surface area (Å²) >= 11 is 6.60. The molecule has 49 heavy (non-hydrogen) atoms. The number of likely N-dealkylation sites (tertiary alicyclic amines) is 1. The van der Waals surface area contributed by atoms with E-state index in [0.29, 0.717) is 35.0 Å². The van der Waals surface area contributed by atoms with Gasteiger partial charge in [-0.1, -0.05) is 48.0 Å². The standard InChI is InChI=1S/C34H37ClF2N6O5S/c1-33(2,3)48-32(45)42-20-34(36,37)17-28(42)30(44)39-21-10-9-11-22(16-21)40-31-38-18-26(35)29(41-31)25-19-43(27-15-8-7-14-24(25)27)49(46,47)23-12-5-4-6-13-23/h4-8,12-15,18-19,21-22,28H,9-11,16-17,20H2,1-3H3,(H,39,44)(H,38,40,41)/t21-,22+,28?/m0/s1. The molecule has 260 valence electrons. The van der Waals surface area contributed by atoms with Crippen molar-refractivity contribution in [2.45, 2.75) is 87.4 Å². The molecule has 6 rings (SSSR count). The second-order valence-corrected chi connectivity index (χ2v) is 15.7. The number of nitrogens with one attached hydrogen (secondary N) is 2. The lowest BCUT2D eigenvalue weighted by Gasteiger charge is -2.32. The molecule has 1 unspecified atom stereocenters. The van der Waals surface area contributed by atoms with Crippen molar-refractivity contribution in [1.82, 2.24) is 24.2 Å². The van der Waals surface area contributed by atoms with E-state index in [1.165, 1.54) is 28.5 Å². The SMILES string of the molecule is CC(C)(C)OC(=O)N1CC(F)(F)CC1C(=O)N[C@H]1CCC[C@@H](Nc2ncc(Cl)c(-c3cn(S(=O)(=O)c4ccccc4)c4ccccc34)n2)C1. The number of amides is 2. The van der Waals surface area contributed by atoms with E-state index in [9.17, 15) is 26.8 Å². The fraction of sp³-hybridized carbons (Fsp3) is 0.412. The van der Waals surface area contributed by atoms with Gasteiger partial charge in [0.2, 0.25) is 11.9 Å². The third-order valence-corrected chi connectivity index (χ3v) is 10.5. The number of anilines is 1. The zero-order valence-corrected chi connectivity index (χ0v) is 28.8. The number of hydrogen-bond donors (Lipinski definition) is 2. The number of ether oxygens (including phenoxy) is 1. The van der Waals surface area contributed by atoms with Crippen LogP contribution >= 0.6 is 11.6 Å². The molecule has 2 N–H and O–H groups in total. The first-order valence-electron chi connectivity index (χ1n) is 16.0. The second-order valence-electron chi connectivity index (χ2n) is 13.5. The number of benzene rings is 2. The number of para-hydroxylation sites is 1. The van der Waals surface area contributed by atoms with Gasteiger partial charge in [0.15, 0.2) is 0 Å². The van der Waals surface area contributed by atoms with Gasteiger partial charge in [-0.3, -0.25) is 9.69 Å². The average Bonchev–Trinajstić information content (AvgIpc) is 3.60. The summed E-state index contributed by atoms with van der Waals surface area (Å²) in [4.78, 5) is 35.9. The summed E-state index contributed by atoms with van der Waals surface area (Å²) in [6.45, 7) is 4.00. The average molecular weight is 715 g/mol. The molecule has 2 aliphatic rings. The van der Waals surface area contributed by atoms with Gasteiger partial charge in [-0.25, -0.2) is 35.9 Å². The molecule has 11 nitrogen and oxygen atoms in total. The molecule has 0 radical (unpaired) electrons. The number of halogens is 3. The summed E-state index contributed by atoms with van der Waals surface area (Å²) in [7, 11) is -3.93. The Morgan fingerprint density at radius 1 is 1.04 bits per heavy atom. The Morgan fingerprint density at radius 2 is 1.73 bits per heavy atom. The monoisotopic (exact) mass is 714 g/mol. The molecule has 2 aromatic heterocycles. The number of carbonyl (C=O) groups excluding carboxylic acids is 2. The largest absolute Gasteiger partial charge is 0.444 e. The molecular weight excluding hydrogens is 678 g/mol. The van der Waals surface area contributed by atoms with Crippen molar-refractivity contribution in [3.05, 3.63) is 72.0 Å². The van der Waals surface area contributed by atoms with E-state index < -0.39 is 52.6 Å². The van der Waals surface area contributed by atoms with Crippen molar-refractivity contribution in [1.29, 1.82) is 0 Å². The molecule has 3 heterocycles. The Labute approximate surface area is 288 Å². The fourth-order valence-corrected chi connectivity index (χ4v) is 7.95. The topological polar surface area (TPSA) is 136 Å². The van der Waals surface area contributed by atoms with E-state index >= 15 is 0 Å². The lowest BCUT2D eigenvalue weighted by Crippen LogP contribution is -2.51. The van der Waals surface area contributed by atoms with Crippen LogP contribution in [-0.2, 0) is 19.6 Å². The normalized spacial score (nSPS) is 21.0. The highest BCUT2D eigenvalue weighted by Crippen LogP contribution is 2.37.